The highest BCUT2D eigenvalue weighted by Crippen LogP contribution is 2.34. The zero-order chi connectivity index (χ0) is 18.4. The van der Waals surface area contributed by atoms with Crippen LogP contribution in [0.3, 0.4) is 0 Å². The number of likely N-dealkylation sites (tertiary alicyclic amines) is 1. The lowest BCUT2D eigenvalue weighted by Crippen LogP contribution is -2.31. The van der Waals surface area contributed by atoms with Gasteiger partial charge in [0.05, 0.1) is 11.1 Å². The first-order valence-electron chi connectivity index (χ1n) is 8.94. The third kappa shape index (κ3) is 2.75. The zero-order valence-electron chi connectivity index (χ0n) is 15.5. The van der Waals surface area contributed by atoms with E-state index in [-0.39, 0.29) is 11.9 Å². The number of pyridine rings is 1. The van der Waals surface area contributed by atoms with E-state index >= 15 is 0 Å². The molecule has 0 spiro atoms. The molecule has 6 heteroatoms. The molecule has 2 aromatic heterocycles. The van der Waals surface area contributed by atoms with Gasteiger partial charge in [0.25, 0.3) is 5.91 Å². The van der Waals surface area contributed by atoms with Gasteiger partial charge in [-0.3, -0.25) is 9.78 Å². The van der Waals surface area contributed by atoms with Gasteiger partial charge < -0.3 is 9.42 Å². The fourth-order valence-electron chi connectivity index (χ4n) is 3.93. The number of carbonyl (C=O) groups excluding carboxylic acids is 1. The Morgan fingerprint density at radius 3 is 2.69 bits per heavy atom. The topological polar surface area (TPSA) is 72.1 Å². The standard InChI is InChI=1S/C20H22N4O2/c1-11-8-12(2)18-15(10-13(3)21-16(18)9-11)20(25)24-7-5-6-17(24)19-22-14(4)23-26-19/h8-10,17H,5-7H2,1-4H3. The van der Waals surface area contributed by atoms with E-state index in [1.165, 1.54) is 0 Å². The molecule has 1 aliphatic rings. The molecule has 4 rings (SSSR count). The van der Waals surface area contributed by atoms with Gasteiger partial charge in [-0.25, -0.2) is 0 Å². The van der Waals surface area contributed by atoms with Gasteiger partial charge in [-0.2, -0.15) is 4.98 Å². The van der Waals surface area contributed by atoms with Crippen molar-refractivity contribution in [1.29, 1.82) is 0 Å². The predicted molar refractivity (Wildman–Crippen MR) is 98.0 cm³/mol. The highest BCUT2D eigenvalue weighted by atomic mass is 16.5. The Hall–Kier alpha value is -2.76. The summed E-state index contributed by atoms with van der Waals surface area (Å²) in [5, 5.41) is 4.81. The molecule has 0 bridgehead atoms. The second-order valence-electron chi connectivity index (χ2n) is 7.12. The molecule has 3 aromatic rings. The number of rotatable bonds is 2. The lowest BCUT2D eigenvalue weighted by Gasteiger charge is -2.23. The lowest BCUT2D eigenvalue weighted by molar-refractivity contribution is 0.0712. The first-order valence-corrected chi connectivity index (χ1v) is 8.94. The lowest BCUT2D eigenvalue weighted by atomic mass is 9.99. The molecule has 0 saturated carbocycles. The van der Waals surface area contributed by atoms with Crippen molar-refractivity contribution in [3.05, 3.63) is 52.3 Å². The summed E-state index contributed by atoms with van der Waals surface area (Å²) >= 11 is 0. The molecule has 1 fully saturated rings. The maximum atomic E-state index is 13.4. The van der Waals surface area contributed by atoms with Crippen LogP contribution in [0.1, 0.15) is 57.8 Å². The Morgan fingerprint density at radius 1 is 1.15 bits per heavy atom. The van der Waals surface area contributed by atoms with Crippen LogP contribution in [0, 0.1) is 27.7 Å². The van der Waals surface area contributed by atoms with E-state index < -0.39 is 0 Å². The summed E-state index contributed by atoms with van der Waals surface area (Å²) in [4.78, 5) is 24.3. The van der Waals surface area contributed by atoms with Gasteiger partial charge in [-0.05, 0) is 63.8 Å². The second-order valence-corrected chi connectivity index (χ2v) is 7.12. The van der Waals surface area contributed by atoms with E-state index in [4.69, 9.17) is 4.52 Å². The van der Waals surface area contributed by atoms with E-state index in [0.29, 0.717) is 23.8 Å². The highest BCUT2D eigenvalue weighted by Gasteiger charge is 2.35. The minimum atomic E-state index is -0.155. The number of nitrogens with zero attached hydrogens (tertiary/aromatic N) is 4. The number of benzene rings is 1. The van der Waals surface area contributed by atoms with Crippen LogP contribution in [0.25, 0.3) is 10.9 Å². The number of aryl methyl sites for hydroxylation is 4. The molecule has 1 amide bonds. The Labute approximate surface area is 152 Å². The number of carbonyl (C=O) groups is 1. The van der Waals surface area contributed by atoms with Crippen molar-refractivity contribution in [3.8, 4) is 0 Å². The fraction of sp³-hybridized carbons (Fsp3) is 0.400. The normalized spacial score (nSPS) is 17.2. The van der Waals surface area contributed by atoms with Crippen LogP contribution in [0.5, 0.6) is 0 Å². The molecule has 1 saturated heterocycles. The van der Waals surface area contributed by atoms with Crippen LogP contribution in [0.2, 0.25) is 0 Å². The van der Waals surface area contributed by atoms with Crippen molar-refractivity contribution in [2.75, 3.05) is 6.54 Å². The smallest absolute Gasteiger partial charge is 0.255 e. The summed E-state index contributed by atoms with van der Waals surface area (Å²) in [7, 11) is 0. The molecule has 1 atom stereocenters. The van der Waals surface area contributed by atoms with Crippen LogP contribution in [0.15, 0.2) is 22.7 Å². The summed E-state index contributed by atoms with van der Waals surface area (Å²) in [6.45, 7) is 8.49. The van der Waals surface area contributed by atoms with Gasteiger partial charge in [-0.1, -0.05) is 11.2 Å². The summed E-state index contributed by atoms with van der Waals surface area (Å²) in [6.07, 6.45) is 1.77. The number of hydrogen-bond acceptors (Lipinski definition) is 5. The predicted octanol–water partition coefficient (Wildman–Crippen LogP) is 3.83. The van der Waals surface area contributed by atoms with Crippen LogP contribution < -0.4 is 0 Å². The molecule has 1 unspecified atom stereocenters. The second kappa shape index (κ2) is 6.20. The van der Waals surface area contributed by atoms with Crippen molar-refractivity contribution in [3.63, 3.8) is 0 Å². The van der Waals surface area contributed by atoms with E-state index in [0.717, 1.165) is 40.6 Å². The number of hydrogen-bond donors (Lipinski definition) is 0. The van der Waals surface area contributed by atoms with E-state index in [1.807, 2.05) is 37.8 Å². The molecule has 6 nitrogen and oxygen atoms in total. The third-order valence-corrected chi connectivity index (χ3v) is 4.95. The van der Waals surface area contributed by atoms with Gasteiger partial charge in [0.15, 0.2) is 5.82 Å². The molecule has 0 radical (unpaired) electrons. The van der Waals surface area contributed by atoms with Crippen LogP contribution in [0.4, 0.5) is 0 Å². The van der Waals surface area contributed by atoms with Gasteiger partial charge in [-0.15, -0.1) is 0 Å². The largest absolute Gasteiger partial charge is 0.337 e. The third-order valence-electron chi connectivity index (χ3n) is 4.95. The Balaban J connectivity index is 1.81. The van der Waals surface area contributed by atoms with Crippen molar-refractivity contribution >= 4 is 16.8 Å². The van der Waals surface area contributed by atoms with Crippen LogP contribution >= 0.6 is 0 Å². The molecule has 134 valence electrons. The molecule has 1 aliphatic heterocycles. The van der Waals surface area contributed by atoms with Crippen LogP contribution in [-0.2, 0) is 0 Å². The van der Waals surface area contributed by atoms with E-state index in [9.17, 15) is 4.79 Å². The summed E-state index contributed by atoms with van der Waals surface area (Å²) < 4.78 is 5.35. The van der Waals surface area contributed by atoms with Crippen molar-refractivity contribution in [2.45, 2.75) is 46.6 Å². The maximum Gasteiger partial charge on any atom is 0.255 e. The van der Waals surface area contributed by atoms with E-state index in [2.05, 4.69) is 21.2 Å². The summed E-state index contributed by atoms with van der Waals surface area (Å²) in [6, 6.07) is 5.87. The van der Waals surface area contributed by atoms with Crippen molar-refractivity contribution in [1.82, 2.24) is 20.0 Å². The molecular weight excluding hydrogens is 328 g/mol. The number of fused-ring (bicyclic) bond motifs is 1. The molecule has 26 heavy (non-hydrogen) atoms. The average molecular weight is 350 g/mol. The first kappa shape index (κ1) is 16.7. The zero-order valence-corrected chi connectivity index (χ0v) is 15.5. The Bertz CT molecular complexity index is 1000. The number of amides is 1. The summed E-state index contributed by atoms with van der Waals surface area (Å²) in [5.74, 6) is 1.12. The molecule has 1 aromatic carbocycles. The van der Waals surface area contributed by atoms with Gasteiger partial charge >= 0.3 is 0 Å². The molecule has 3 heterocycles. The van der Waals surface area contributed by atoms with Crippen molar-refractivity contribution < 1.29 is 9.32 Å². The van der Waals surface area contributed by atoms with E-state index in [1.54, 1.807) is 6.92 Å². The Morgan fingerprint density at radius 2 is 1.96 bits per heavy atom. The average Bonchev–Trinajstić information content (AvgIpc) is 3.21. The molecule has 0 aliphatic carbocycles. The van der Waals surface area contributed by atoms with Crippen molar-refractivity contribution in [2.24, 2.45) is 0 Å². The Kier molecular flexibility index (Phi) is 3.98. The minimum Gasteiger partial charge on any atom is -0.337 e. The molecule has 0 N–H and O–H groups in total. The van der Waals surface area contributed by atoms with Gasteiger partial charge in [0, 0.05) is 17.6 Å². The minimum absolute atomic E-state index is 0.00538. The monoisotopic (exact) mass is 350 g/mol. The van der Waals surface area contributed by atoms with Gasteiger partial charge in [0.2, 0.25) is 5.89 Å². The fourth-order valence-corrected chi connectivity index (χ4v) is 3.93. The quantitative estimate of drug-likeness (QED) is 0.702. The maximum absolute atomic E-state index is 13.4. The van der Waals surface area contributed by atoms with Crippen LogP contribution in [-0.4, -0.2) is 32.5 Å². The highest BCUT2D eigenvalue weighted by molar-refractivity contribution is 6.07. The van der Waals surface area contributed by atoms with Gasteiger partial charge in [0.1, 0.15) is 6.04 Å². The summed E-state index contributed by atoms with van der Waals surface area (Å²) in [5.41, 5.74) is 4.63. The number of aromatic nitrogens is 3. The SMILES string of the molecule is Cc1cc(C)c2c(C(=O)N3CCCC3c3nc(C)no3)cc(C)nc2c1. The first-order chi connectivity index (χ1) is 12.4. The molecular formula is C20H22N4O2.